The van der Waals surface area contributed by atoms with Crippen LogP contribution in [0.2, 0.25) is 0 Å². The van der Waals surface area contributed by atoms with Crippen molar-refractivity contribution < 1.29 is 19.1 Å². The summed E-state index contributed by atoms with van der Waals surface area (Å²) in [6.07, 6.45) is 4.82. The van der Waals surface area contributed by atoms with Gasteiger partial charge in [-0.1, -0.05) is 18.2 Å². The number of hydrogen-bond acceptors (Lipinski definition) is 6. The van der Waals surface area contributed by atoms with Gasteiger partial charge in [-0.2, -0.15) is 0 Å². The number of amides is 2. The lowest BCUT2D eigenvalue weighted by Crippen LogP contribution is -2.36. The second-order valence-electron chi connectivity index (χ2n) is 7.03. The molecule has 0 saturated carbocycles. The van der Waals surface area contributed by atoms with Crippen LogP contribution in [0.3, 0.4) is 0 Å². The van der Waals surface area contributed by atoms with E-state index in [2.05, 4.69) is 4.98 Å². The van der Waals surface area contributed by atoms with Crippen LogP contribution in [0.4, 0.5) is 0 Å². The Hall–Kier alpha value is -3.29. The fourth-order valence-electron chi connectivity index (χ4n) is 3.79. The molecule has 4 rings (SSSR count). The summed E-state index contributed by atoms with van der Waals surface area (Å²) in [6, 6.07) is 6.58. The molecule has 8 nitrogen and oxygen atoms in total. The maximum atomic E-state index is 12.4. The van der Waals surface area contributed by atoms with Crippen molar-refractivity contribution >= 4 is 23.4 Å². The number of rotatable bonds is 4. The van der Waals surface area contributed by atoms with Gasteiger partial charge in [0.1, 0.15) is 18.8 Å². The van der Waals surface area contributed by atoms with Gasteiger partial charge >= 0.3 is 5.97 Å². The van der Waals surface area contributed by atoms with Gasteiger partial charge in [-0.15, -0.1) is 0 Å². The Morgan fingerprint density at radius 2 is 1.82 bits per heavy atom. The van der Waals surface area contributed by atoms with Gasteiger partial charge in [0.25, 0.3) is 5.56 Å². The van der Waals surface area contributed by atoms with Crippen molar-refractivity contribution in [3.8, 4) is 0 Å². The Bertz CT molecular complexity index is 1050. The average molecular weight is 381 g/mol. The zero-order valence-corrected chi connectivity index (χ0v) is 15.3. The summed E-state index contributed by atoms with van der Waals surface area (Å²) in [6.45, 7) is 1.17. The molecule has 2 aliphatic rings. The van der Waals surface area contributed by atoms with Crippen molar-refractivity contribution in [1.82, 2.24) is 14.3 Å². The molecule has 1 saturated heterocycles. The first-order valence-electron chi connectivity index (χ1n) is 9.10. The second-order valence-corrected chi connectivity index (χ2v) is 7.03. The highest BCUT2D eigenvalue weighted by Crippen LogP contribution is 2.34. The first-order valence-corrected chi connectivity index (χ1v) is 9.10. The Kier molecular flexibility index (Phi) is 4.54. The van der Waals surface area contributed by atoms with Crippen LogP contribution in [-0.4, -0.2) is 38.6 Å². The third kappa shape index (κ3) is 3.11. The number of nitrogens with zero attached hydrogens (tertiary/aromatic N) is 3. The lowest BCUT2D eigenvalue weighted by molar-refractivity contribution is -0.153. The van der Waals surface area contributed by atoms with Crippen molar-refractivity contribution in [1.29, 1.82) is 0 Å². The fourth-order valence-corrected chi connectivity index (χ4v) is 3.79. The average Bonchev–Trinajstić information content (AvgIpc) is 2.91. The molecule has 0 N–H and O–H groups in total. The van der Waals surface area contributed by atoms with Gasteiger partial charge in [0.2, 0.25) is 11.8 Å². The zero-order chi connectivity index (χ0) is 19.8. The summed E-state index contributed by atoms with van der Waals surface area (Å²) in [5.41, 5.74) is 1.25. The normalized spacial score (nSPS) is 21.2. The molecule has 0 spiro atoms. The van der Waals surface area contributed by atoms with Gasteiger partial charge in [-0.05, 0) is 31.9 Å². The van der Waals surface area contributed by atoms with Crippen LogP contribution in [0.25, 0.3) is 5.65 Å². The molecule has 0 radical (unpaired) electrons. The van der Waals surface area contributed by atoms with Gasteiger partial charge < -0.3 is 4.74 Å². The molecule has 28 heavy (non-hydrogen) atoms. The van der Waals surface area contributed by atoms with Crippen LogP contribution < -0.4 is 5.56 Å². The molecular weight excluding hydrogens is 362 g/mol. The predicted molar refractivity (Wildman–Crippen MR) is 98.1 cm³/mol. The van der Waals surface area contributed by atoms with E-state index in [1.807, 2.05) is 12.2 Å². The van der Waals surface area contributed by atoms with Crippen LogP contribution in [0.5, 0.6) is 0 Å². The summed E-state index contributed by atoms with van der Waals surface area (Å²) < 4.78 is 6.62. The standard InChI is InChI=1S/C20H19N3O5/c1-12-5-4-8-16-21-13(9-17(24)23(12)16)11-28-18(25)10-22-19(26)14-6-2-3-7-15(14)20(22)27/h2-5,8-9,14-15H,6-7,10-11H2,1H3/t14-,15+. The van der Waals surface area contributed by atoms with E-state index in [1.54, 1.807) is 25.1 Å². The molecule has 2 aromatic heterocycles. The number of imide groups is 1. The van der Waals surface area contributed by atoms with Crippen molar-refractivity contribution in [2.24, 2.45) is 11.8 Å². The minimum absolute atomic E-state index is 0.205. The number of carbonyl (C=O) groups is 3. The van der Waals surface area contributed by atoms with Crippen LogP contribution in [0.15, 0.2) is 41.2 Å². The molecule has 1 aliphatic heterocycles. The molecule has 0 aromatic carbocycles. The Morgan fingerprint density at radius 1 is 1.14 bits per heavy atom. The van der Waals surface area contributed by atoms with E-state index in [-0.39, 0.29) is 35.8 Å². The summed E-state index contributed by atoms with van der Waals surface area (Å²) in [5.74, 6) is -2.12. The van der Waals surface area contributed by atoms with Crippen molar-refractivity contribution in [3.63, 3.8) is 0 Å². The third-order valence-electron chi connectivity index (χ3n) is 5.20. The number of aromatic nitrogens is 2. The predicted octanol–water partition coefficient (Wildman–Crippen LogP) is 0.997. The molecule has 2 amide bonds. The second kappa shape index (κ2) is 7.03. The minimum atomic E-state index is -0.709. The number of esters is 1. The van der Waals surface area contributed by atoms with Crippen LogP contribution in [0.1, 0.15) is 24.2 Å². The highest BCUT2D eigenvalue weighted by molar-refractivity contribution is 6.07. The smallest absolute Gasteiger partial charge is 0.326 e. The fraction of sp³-hybridized carbons (Fsp3) is 0.350. The van der Waals surface area contributed by atoms with E-state index in [4.69, 9.17) is 4.74 Å². The van der Waals surface area contributed by atoms with Gasteiger partial charge in [0.05, 0.1) is 17.5 Å². The van der Waals surface area contributed by atoms with Crippen LogP contribution in [0, 0.1) is 18.8 Å². The van der Waals surface area contributed by atoms with Crippen molar-refractivity contribution in [3.05, 3.63) is 58.2 Å². The van der Waals surface area contributed by atoms with E-state index >= 15 is 0 Å². The summed E-state index contributed by atoms with van der Waals surface area (Å²) in [5, 5.41) is 0. The maximum absolute atomic E-state index is 12.4. The van der Waals surface area contributed by atoms with Crippen molar-refractivity contribution in [2.75, 3.05) is 6.54 Å². The monoisotopic (exact) mass is 381 g/mol. The SMILES string of the molecule is Cc1cccc2nc(COC(=O)CN3C(=O)[C@H]4CC=CC[C@H]4C3=O)cc(=O)n12. The van der Waals surface area contributed by atoms with Gasteiger partial charge in [-0.3, -0.25) is 28.5 Å². The number of pyridine rings is 1. The highest BCUT2D eigenvalue weighted by Gasteiger charge is 2.47. The van der Waals surface area contributed by atoms with Gasteiger partial charge in [0, 0.05) is 11.8 Å². The number of allylic oxidation sites excluding steroid dienone is 2. The number of hydrogen-bond donors (Lipinski definition) is 0. The van der Waals surface area contributed by atoms with E-state index < -0.39 is 12.5 Å². The van der Waals surface area contributed by atoms with E-state index in [0.29, 0.717) is 24.2 Å². The molecule has 144 valence electrons. The molecule has 1 fully saturated rings. The molecule has 3 heterocycles. The number of ether oxygens (including phenoxy) is 1. The minimum Gasteiger partial charge on any atom is -0.458 e. The molecule has 2 atom stereocenters. The quantitative estimate of drug-likeness (QED) is 0.445. The maximum Gasteiger partial charge on any atom is 0.326 e. The van der Waals surface area contributed by atoms with Crippen molar-refractivity contribution in [2.45, 2.75) is 26.4 Å². The lowest BCUT2D eigenvalue weighted by atomic mass is 9.85. The first kappa shape index (κ1) is 18.1. The largest absolute Gasteiger partial charge is 0.458 e. The number of fused-ring (bicyclic) bond motifs is 2. The van der Waals surface area contributed by atoms with E-state index in [1.165, 1.54) is 10.5 Å². The van der Waals surface area contributed by atoms with Crippen LogP contribution >= 0.6 is 0 Å². The summed E-state index contributed by atoms with van der Waals surface area (Å²) >= 11 is 0. The Balaban J connectivity index is 1.43. The molecule has 0 unspecified atom stereocenters. The highest BCUT2D eigenvalue weighted by atomic mass is 16.5. The zero-order valence-electron chi connectivity index (χ0n) is 15.3. The Morgan fingerprint density at radius 3 is 2.50 bits per heavy atom. The number of likely N-dealkylation sites (tertiary alicyclic amines) is 1. The molecular formula is C20H19N3O5. The summed E-state index contributed by atoms with van der Waals surface area (Å²) in [4.78, 5) is 54.5. The molecule has 8 heteroatoms. The molecule has 0 bridgehead atoms. The van der Waals surface area contributed by atoms with E-state index in [0.717, 1.165) is 10.6 Å². The first-order chi connectivity index (χ1) is 13.5. The lowest BCUT2D eigenvalue weighted by Gasteiger charge is -2.14. The van der Waals surface area contributed by atoms with E-state index in [9.17, 15) is 19.2 Å². The van der Waals surface area contributed by atoms with Gasteiger partial charge in [-0.25, -0.2) is 4.98 Å². The summed E-state index contributed by atoms with van der Waals surface area (Å²) in [7, 11) is 0. The molecule has 1 aliphatic carbocycles. The number of carbonyl (C=O) groups excluding carboxylic acids is 3. The molecule has 2 aromatic rings. The third-order valence-corrected chi connectivity index (χ3v) is 5.20. The van der Waals surface area contributed by atoms with Crippen LogP contribution in [-0.2, 0) is 25.7 Å². The Labute approximate surface area is 160 Å². The topological polar surface area (TPSA) is 98.0 Å². The van der Waals surface area contributed by atoms with Gasteiger partial charge in [0.15, 0.2) is 0 Å². The number of aryl methyl sites for hydroxylation is 1.